The lowest BCUT2D eigenvalue weighted by Gasteiger charge is -2.08. The van der Waals surface area contributed by atoms with Crippen LogP contribution >= 0.6 is 0 Å². The van der Waals surface area contributed by atoms with Gasteiger partial charge in [-0.2, -0.15) is 0 Å². The van der Waals surface area contributed by atoms with Gasteiger partial charge in [-0.3, -0.25) is 4.79 Å². The zero-order valence-electron chi connectivity index (χ0n) is 10.6. The first-order chi connectivity index (χ1) is 9.20. The molecule has 98 valence electrons. The minimum atomic E-state index is -0.200. The number of hydrogen-bond acceptors (Lipinski definition) is 4. The first-order valence-electron chi connectivity index (χ1n) is 5.82. The number of pyridine rings is 1. The van der Waals surface area contributed by atoms with Crippen molar-refractivity contribution < 1.29 is 9.53 Å². The van der Waals surface area contributed by atoms with E-state index in [1.165, 1.54) is 0 Å². The molecule has 0 saturated heterocycles. The van der Waals surface area contributed by atoms with E-state index in [9.17, 15) is 4.79 Å². The van der Waals surface area contributed by atoms with E-state index in [0.29, 0.717) is 23.7 Å². The van der Waals surface area contributed by atoms with Crippen LogP contribution in [0.5, 0.6) is 5.88 Å². The molecule has 2 aromatic rings. The second-order valence-corrected chi connectivity index (χ2v) is 3.98. The SMILES string of the molecule is COc1cc(CNC(=O)c2ccccc2N)ccn1. The van der Waals surface area contributed by atoms with Crippen LogP contribution in [0.3, 0.4) is 0 Å². The van der Waals surface area contributed by atoms with Gasteiger partial charge in [0.1, 0.15) is 0 Å². The monoisotopic (exact) mass is 257 g/mol. The average molecular weight is 257 g/mol. The number of carbonyl (C=O) groups is 1. The molecule has 5 heteroatoms. The van der Waals surface area contributed by atoms with Crippen molar-refractivity contribution in [2.24, 2.45) is 0 Å². The second-order valence-electron chi connectivity index (χ2n) is 3.98. The maximum atomic E-state index is 12.0. The number of nitrogens with two attached hydrogens (primary N) is 1. The van der Waals surface area contributed by atoms with Crippen molar-refractivity contribution in [2.75, 3.05) is 12.8 Å². The fourth-order valence-corrected chi connectivity index (χ4v) is 1.65. The number of nitrogen functional groups attached to an aromatic ring is 1. The highest BCUT2D eigenvalue weighted by Gasteiger charge is 2.08. The molecule has 0 aliphatic carbocycles. The quantitative estimate of drug-likeness (QED) is 0.816. The van der Waals surface area contributed by atoms with Crippen LogP contribution in [-0.4, -0.2) is 18.0 Å². The minimum Gasteiger partial charge on any atom is -0.481 e. The summed E-state index contributed by atoms with van der Waals surface area (Å²) in [4.78, 5) is 16.0. The molecule has 0 aliphatic rings. The summed E-state index contributed by atoms with van der Waals surface area (Å²) in [5.74, 6) is 0.319. The summed E-state index contributed by atoms with van der Waals surface area (Å²) in [5.41, 5.74) is 7.60. The number of aromatic nitrogens is 1. The largest absolute Gasteiger partial charge is 0.481 e. The van der Waals surface area contributed by atoms with Crippen LogP contribution in [0.4, 0.5) is 5.69 Å². The third-order valence-corrected chi connectivity index (χ3v) is 2.67. The normalized spacial score (nSPS) is 9.95. The van der Waals surface area contributed by atoms with Crippen molar-refractivity contribution in [1.82, 2.24) is 10.3 Å². The predicted octanol–water partition coefficient (Wildman–Crippen LogP) is 1.60. The van der Waals surface area contributed by atoms with Crippen LogP contribution < -0.4 is 15.8 Å². The molecule has 5 nitrogen and oxygen atoms in total. The van der Waals surface area contributed by atoms with Crippen molar-refractivity contribution in [2.45, 2.75) is 6.54 Å². The number of para-hydroxylation sites is 1. The number of carbonyl (C=O) groups excluding carboxylic acids is 1. The highest BCUT2D eigenvalue weighted by atomic mass is 16.5. The lowest BCUT2D eigenvalue weighted by molar-refractivity contribution is 0.0951. The molecule has 0 spiro atoms. The van der Waals surface area contributed by atoms with Crippen molar-refractivity contribution in [3.63, 3.8) is 0 Å². The molecule has 0 radical (unpaired) electrons. The van der Waals surface area contributed by atoms with Gasteiger partial charge in [-0.25, -0.2) is 4.98 Å². The summed E-state index contributed by atoms with van der Waals surface area (Å²) < 4.78 is 5.02. The van der Waals surface area contributed by atoms with Gasteiger partial charge in [0.05, 0.1) is 12.7 Å². The molecule has 1 aromatic carbocycles. The lowest BCUT2D eigenvalue weighted by Crippen LogP contribution is -2.23. The number of anilines is 1. The molecule has 0 unspecified atom stereocenters. The van der Waals surface area contributed by atoms with Gasteiger partial charge in [0.25, 0.3) is 5.91 Å². The van der Waals surface area contributed by atoms with Gasteiger partial charge in [0, 0.05) is 24.5 Å². The molecule has 0 bridgehead atoms. The maximum absolute atomic E-state index is 12.0. The molecule has 1 heterocycles. The van der Waals surface area contributed by atoms with E-state index in [4.69, 9.17) is 10.5 Å². The third kappa shape index (κ3) is 3.22. The third-order valence-electron chi connectivity index (χ3n) is 2.67. The average Bonchev–Trinajstić information content (AvgIpc) is 2.45. The van der Waals surface area contributed by atoms with Gasteiger partial charge in [0.2, 0.25) is 5.88 Å². The van der Waals surface area contributed by atoms with Crippen molar-refractivity contribution >= 4 is 11.6 Å². The standard InChI is InChI=1S/C14H15N3O2/c1-19-13-8-10(6-7-16-13)9-17-14(18)11-4-2-3-5-12(11)15/h2-8H,9,15H2,1H3,(H,17,18). The van der Waals surface area contributed by atoms with E-state index in [0.717, 1.165) is 5.56 Å². The summed E-state index contributed by atoms with van der Waals surface area (Å²) in [7, 11) is 1.55. The maximum Gasteiger partial charge on any atom is 0.253 e. The zero-order valence-corrected chi connectivity index (χ0v) is 10.6. The minimum absolute atomic E-state index is 0.200. The number of methoxy groups -OCH3 is 1. The molecule has 0 fully saturated rings. The summed E-state index contributed by atoms with van der Waals surface area (Å²) >= 11 is 0. The topological polar surface area (TPSA) is 77.2 Å². The van der Waals surface area contributed by atoms with Gasteiger partial charge < -0.3 is 15.8 Å². The molecule has 3 N–H and O–H groups in total. The van der Waals surface area contributed by atoms with Gasteiger partial charge in [-0.05, 0) is 23.8 Å². The number of nitrogens with zero attached hydrogens (tertiary/aromatic N) is 1. The van der Waals surface area contributed by atoms with E-state index in [2.05, 4.69) is 10.3 Å². The van der Waals surface area contributed by atoms with Gasteiger partial charge in [0.15, 0.2) is 0 Å². The van der Waals surface area contributed by atoms with Crippen LogP contribution in [0.1, 0.15) is 15.9 Å². The second kappa shape index (κ2) is 5.86. The van der Waals surface area contributed by atoms with E-state index in [1.807, 2.05) is 6.07 Å². The Bertz CT molecular complexity index is 584. The Morgan fingerprint density at radius 2 is 2.16 bits per heavy atom. The number of amides is 1. The van der Waals surface area contributed by atoms with Crippen LogP contribution in [0, 0.1) is 0 Å². The number of nitrogens with one attached hydrogen (secondary N) is 1. The highest BCUT2D eigenvalue weighted by molar-refractivity contribution is 5.98. The molecular formula is C14H15N3O2. The molecule has 0 atom stereocenters. The number of hydrogen-bond donors (Lipinski definition) is 2. The van der Waals surface area contributed by atoms with E-state index < -0.39 is 0 Å². The first-order valence-corrected chi connectivity index (χ1v) is 5.82. The number of rotatable bonds is 4. The fourth-order valence-electron chi connectivity index (χ4n) is 1.65. The smallest absolute Gasteiger partial charge is 0.253 e. The molecule has 1 aromatic heterocycles. The summed E-state index contributed by atoms with van der Waals surface area (Å²) in [6.45, 7) is 0.395. The molecule has 1 amide bonds. The van der Waals surface area contributed by atoms with E-state index >= 15 is 0 Å². The Labute approximate surface area is 111 Å². The number of ether oxygens (including phenoxy) is 1. The zero-order chi connectivity index (χ0) is 13.7. The summed E-state index contributed by atoms with van der Waals surface area (Å²) in [6.07, 6.45) is 1.64. The first kappa shape index (κ1) is 12.9. The van der Waals surface area contributed by atoms with Crippen molar-refractivity contribution in [3.8, 4) is 5.88 Å². The predicted molar refractivity (Wildman–Crippen MR) is 72.8 cm³/mol. The van der Waals surface area contributed by atoms with Gasteiger partial charge >= 0.3 is 0 Å². The Kier molecular flexibility index (Phi) is 3.97. The Balaban J connectivity index is 2.02. The van der Waals surface area contributed by atoms with Crippen LogP contribution in [0.25, 0.3) is 0 Å². The lowest BCUT2D eigenvalue weighted by atomic mass is 10.1. The van der Waals surface area contributed by atoms with Gasteiger partial charge in [-0.1, -0.05) is 12.1 Å². The van der Waals surface area contributed by atoms with Crippen molar-refractivity contribution in [3.05, 3.63) is 53.7 Å². The van der Waals surface area contributed by atoms with Crippen molar-refractivity contribution in [1.29, 1.82) is 0 Å². The van der Waals surface area contributed by atoms with E-state index in [1.54, 1.807) is 43.6 Å². The molecule has 0 aliphatic heterocycles. The highest BCUT2D eigenvalue weighted by Crippen LogP contribution is 2.11. The number of benzene rings is 1. The molecule has 0 saturated carbocycles. The Hall–Kier alpha value is -2.56. The molecule has 2 rings (SSSR count). The summed E-state index contributed by atoms with van der Waals surface area (Å²) in [6, 6.07) is 10.6. The fraction of sp³-hybridized carbons (Fsp3) is 0.143. The van der Waals surface area contributed by atoms with Crippen LogP contribution in [0.2, 0.25) is 0 Å². The van der Waals surface area contributed by atoms with Gasteiger partial charge in [-0.15, -0.1) is 0 Å². The summed E-state index contributed by atoms with van der Waals surface area (Å²) in [5, 5.41) is 2.81. The molecular weight excluding hydrogens is 242 g/mol. The molecule has 19 heavy (non-hydrogen) atoms. The van der Waals surface area contributed by atoms with Crippen LogP contribution in [-0.2, 0) is 6.54 Å². The Morgan fingerprint density at radius 3 is 2.89 bits per heavy atom. The van der Waals surface area contributed by atoms with Crippen LogP contribution in [0.15, 0.2) is 42.6 Å². The van der Waals surface area contributed by atoms with E-state index in [-0.39, 0.29) is 5.91 Å². The Morgan fingerprint density at radius 1 is 1.37 bits per heavy atom.